The number of hydrogen-bond acceptors (Lipinski definition) is 5. The van der Waals surface area contributed by atoms with Crippen molar-refractivity contribution in [1.82, 2.24) is 14.1 Å². The highest BCUT2D eigenvalue weighted by molar-refractivity contribution is 7.89. The highest BCUT2D eigenvalue weighted by atomic mass is 32.2. The molecule has 0 spiro atoms. The summed E-state index contributed by atoms with van der Waals surface area (Å²) in [5.74, 6) is 0. The summed E-state index contributed by atoms with van der Waals surface area (Å²) in [6.07, 6.45) is 0. The van der Waals surface area contributed by atoms with E-state index in [0.29, 0.717) is 11.0 Å². The van der Waals surface area contributed by atoms with Crippen LogP contribution in [0.1, 0.15) is 29.9 Å². The Bertz CT molecular complexity index is 1140. The molecule has 0 saturated carbocycles. The first-order chi connectivity index (χ1) is 12.1. The average Bonchev–Trinajstić information content (AvgIpc) is 2.85. The van der Waals surface area contributed by atoms with Crippen LogP contribution in [0.4, 0.5) is 0 Å². The Morgan fingerprint density at radius 2 is 1.88 bits per heavy atom. The quantitative estimate of drug-likeness (QED) is 0.654. The zero-order valence-electron chi connectivity index (χ0n) is 15.3. The fraction of sp³-hybridized carbons (Fsp3) is 0.333. The molecule has 0 aliphatic heterocycles. The van der Waals surface area contributed by atoms with Crippen LogP contribution in [0.3, 0.4) is 0 Å². The summed E-state index contributed by atoms with van der Waals surface area (Å²) in [6, 6.07) is 6.92. The topological polar surface area (TPSA) is 85.4 Å². The molecule has 1 atom stereocenters. The maximum Gasteiger partial charge on any atom is 0.336 e. The van der Waals surface area contributed by atoms with Gasteiger partial charge in [-0.2, -0.15) is 9.40 Å². The molecule has 26 heavy (non-hydrogen) atoms. The standard InChI is InChI=1S/C18H21N3O4S/c1-11-18(12(2)20(4)19-11)13(3)21(5)26(23,24)15-7-8-16-14(10-15)6-9-17(22)25-16/h6-10,13H,1-5H3. The van der Waals surface area contributed by atoms with Crippen molar-refractivity contribution in [3.63, 3.8) is 0 Å². The second-order valence-electron chi connectivity index (χ2n) is 6.36. The van der Waals surface area contributed by atoms with E-state index in [1.807, 2.05) is 27.8 Å². The summed E-state index contributed by atoms with van der Waals surface area (Å²) in [4.78, 5) is 11.4. The maximum absolute atomic E-state index is 13.1. The maximum atomic E-state index is 13.1. The Kier molecular flexibility index (Phi) is 4.49. The van der Waals surface area contributed by atoms with Gasteiger partial charge in [-0.15, -0.1) is 0 Å². The monoisotopic (exact) mass is 375 g/mol. The van der Waals surface area contributed by atoms with E-state index in [4.69, 9.17) is 4.42 Å². The first kappa shape index (κ1) is 18.3. The third-order valence-electron chi connectivity index (χ3n) is 4.80. The Hall–Kier alpha value is -2.45. The first-order valence-electron chi connectivity index (χ1n) is 8.15. The van der Waals surface area contributed by atoms with Gasteiger partial charge in [-0.3, -0.25) is 4.68 Å². The zero-order valence-corrected chi connectivity index (χ0v) is 16.2. The second-order valence-corrected chi connectivity index (χ2v) is 8.36. The number of aryl methyl sites for hydroxylation is 2. The van der Waals surface area contributed by atoms with Crippen molar-refractivity contribution in [2.24, 2.45) is 7.05 Å². The molecule has 1 aromatic carbocycles. The number of sulfonamides is 1. The van der Waals surface area contributed by atoms with Crippen LogP contribution in [-0.4, -0.2) is 29.6 Å². The molecule has 138 valence electrons. The van der Waals surface area contributed by atoms with Gasteiger partial charge in [0.15, 0.2) is 0 Å². The minimum absolute atomic E-state index is 0.146. The van der Waals surface area contributed by atoms with Crippen LogP contribution in [0.2, 0.25) is 0 Å². The molecule has 0 bridgehead atoms. The van der Waals surface area contributed by atoms with Crippen molar-refractivity contribution in [3.05, 3.63) is 57.7 Å². The van der Waals surface area contributed by atoms with Gasteiger partial charge in [0.2, 0.25) is 10.0 Å². The average molecular weight is 375 g/mol. The van der Waals surface area contributed by atoms with Crippen LogP contribution in [0.25, 0.3) is 11.0 Å². The fourth-order valence-corrected chi connectivity index (χ4v) is 4.53. The van der Waals surface area contributed by atoms with Crippen molar-refractivity contribution >= 4 is 21.0 Å². The minimum Gasteiger partial charge on any atom is -0.423 e. The molecular formula is C18H21N3O4S. The predicted octanol–water partition coefficient (Wildman–Crippen LogP) is 2.53. The van der Waals surface area contributed by atoms with E-state index in [2.05, 4.69) is 5.10 Å². The van der Waals surface area contributed by atoms with E-state index >= 15 is 0 Å². The molecule has 2 aromatic heterocycles. The lowest BCUT2D eigenvalue weighted by Crippen LogP contribution is -2.30. The molecule has 0 aliphatic carbocycles. The molecule has 0 saturated heterocycles. The van der Waals surface area contributed by atoms with Crippen LogP contribution in [0.5, 0.6) is 0 Å². The van der Waals surface area contributed by atoms with Gasteiger partial charge in [0.25, 0.3) is 0 Å². The number of aromatic nitrogens is 2. The minimum atomic E-state index is -3.74. The van der Waals surface area contributed by atoms with Crippen molar-refractivity contribution < 1.29 is 12.8 Å². The first-order valence-corrected chi connectivity index (χ1v) is 9.59. The number of fused-ring (bicyclic) bond motifs is 1. The van der Waals surface area contributed by atoms with Crippen LogP contribution < -0.4 is 5.63 Å². The molecule has 0 aliphatic rings. The third kappa shape index (κ3) is 2.95. The van der Waals surface area contributed by atoms with Crippen molar-refractivity contribution in [1.29, 1.82) is 0 Å². The largest absolute Gasteiger partial charge is 0.423 e. The highest BCUT2D eigenvalue weighted by Gasteiger charge is 2.29. The van der Waals surface area contributed by atoms with E-state index < -0.39 is 15.6 Å². The third-order valence-corrected chi connectivity index (χ3v) is 6.72. The van der Waals surface area contributed by atoms with Gasteiger partial charge in [0.05, 0.1) is 16.6 Å². The van der Waals surface area contributed by atoms with E-state index in [-0.39, 0.29) is 10.9 Å². The number of rotatable bonds is 4. The van der Waals surface area contributed by atoms with Crippen molar-refractivity contribution in [2.75, 3.05) is 7.05 Å². The lowest BCUT2D eigenvalue weighted by Gasteiger charge is -2.25. The van der Waals surface area contributed by atoms with Gasteiger partial charge < -0.3 is 4.42 Å². The van der Waals surface area contributed by atoms with Crippen LogP contribution in [0.15, 0.2) is 44.4 Å². The molecular weight excluding hydrogens is 354 g/mol. The molecule has 2 heterocycles. The predicted molar refractivity (Wildman–Crippen MR) is 98.5 cm³/mol. The summed E-state index contributed by atoms with van der Waals surface area (Å²) < 4.78 is 34.3. The molecule has 0 radical (unpaired) electrons. The summed E-state index contributed by atoms with van der Waals surface area (Å²) in [6.45, 7) is 5.64. The van der Waals surface area contributed by atoms with Crippen molar-refractivity contribution in [3.8, 4) is 0 Å². The van der Waals surface area contributed by atoms with Gasteiger partial charge in [-0.1, -0.05) is 0 Å². The van der Waals surface area contributed by atoms with Gasteiger partial charge in [0.1, 0.15) is 5.58 Å². The van der Waals surface area contributed by atoms with E-state index in [0.717, 1.165) is 17.0 Å². The number of hydrogen-bond donors (Lipinski definition) is 0. The number of nitrogens with zero attached hydrogens (tertiary/aromatic N) is 3. The summed E-state index contributed by atoms with van der Waals surface area (Å²) in [7, 11) is -0.342. The Morgan fingerprint density at radius 3 is 2.50 bits per heavy atom. The van der Waals surface area contributed by atoms with Gasteiger partial charge in [-0.25, -0.2) is 13.2 Å². The highest BCUT2D eigenvalue weighted by Crippen LogP contribution is 2.30. The molecule has 0 N–H and O–H groups in total. The van der Waals surface area contributed by atoms with Gasteiger partial charge in [-0.05, 0) is 45.0 Å². The molecule has 7 nitrogen and oxygen atoms in total. The molecule has 8 heteroatoms. The zero-order chi connectivity index (χ0) is 19.2. The van der Waals surface area contributed by atoms with Crippen LogP contribution >= 0.6 is 0 Å². The fourth-order valence-electron chi connectivity index (χ4n) is 3.16. The second kappa shape index (κ2) is 6.37. The lowest BCUT2D eigenvalue weighted by atomic mass is 10.1. The number of benzene rings is 1. The normalized spacial score (nSPS) is 13.5. The molecule has 3 aromatic rings. The summed E-state index contributed by atoms with van der Waals surface area (Å²) in [5, 5.41) is 4.93. The Morgan fingerprint density at radius 1 is 1.19 bits per heavy atom. The van der Waals surface area contributed by atoms with Crippen LogP contribution in [-0.2, 0) is 17.1 Å². The summed E-state index contributed by atoms with van der Waals surface area (Å²) >= 11 is 0. The van der Waals surface area contributed by atoms with E-state index in [1.54, 1.807) is 17.8 Å². The van der Waals surface area contributed by atoms with Gasteiger partial charge in [0, 0.05) is 36.8 Å². The lowest BCUT2D eigenvalue weighted by molar-refractivity contribution is 0.396. The molecule has 0 fully saturated rings. The van der Waals surface area contributed by atoms with Crippen LogP contribution in [0, 0.1) is 13.8 Å². The Labute approximate surface area is 151 Å². The summed E-state index contributed by atoms with van der Waals surface area (Å²) in [5.41, 5.74) is 2.51. The van der Waals surface area contributed by atoms with E-state index in [1.165, 1.54) is 28.6 Å². The van der Waals surface area contributed by atoms with Crippen molar-refractivity contribution in [2.45, 2.75) is 31.7 Å². The van der Waals surface area contributed by atoms with Gasteiger partial charge >= 0.3 is 5.63 Å². The Balaban J connectivity index is 2.04. The SMILES string of the molecule is Cc1nn(C)c(C)c1C(C)N(C)S(=O)(=O)c1ccc2oc(=O)ccc2c1. The van der Waals surface area contributed by atoms with E-state index in [9.17, 15) is 13.2 Å². The molecule has 0 amide bonds. The molecule has 1 unspecified atom stereocenters. The smallest absolute Gasteiger partial charge is 0.336 e. The molecule has 3 rings (SSSR count).